The number of likely N-dealkylation sites (tertiary alicyclic amines) is 1. The third kappa shape index (κ3) is 1.61. The maximum Gasteiger partial charge on any atom is 0.108 e. The fraction of sp³-hybridized carbons (Fsp3) is 1.00. The average Bonchev–Trinajstić information content (AvgIpc) is 2.08. The van der Waals surface area contributed by atoms with Gasteiger partial charge in [0.05, 0.1) is 12.2 Å². The van der Waals surface area contributed by atoms with Gasteiger partial charge in [-0.25, -0.2) is 0 Å². The molecule has 1 fully saturated rings. The lowest BCUT2D eigenvalue weighted by molar-refractivity contribution is -0.131. The molecule has 1 rings (SSSR count). The molecule has 72 valence electrons. The summed E-state index contributed by atoms with van der Waals surface area (Å²) in [5, 5.41) is 28.1. The molecular weight excluding hydrogens is 158 g/mol. The summed E-state index contributed by atoms with van der Waals surface area (Å²) in [6.07, 6.45) is -2.66. The van der Waals surface area contributed by atoms with Crippen molar-refractivity contribution in [3.05, 3.63) is 0 Å². The number of piperidine rings is 1. The fourth-order valence-electron chi connectivity index (χ4n) is 1.66. The Hall–Kier alpha value is -0.160. The molecule has 12 heavy (non-hydrogen) atoms. The van der Waals surface area contributed by atoms with Gasteiger partial charge in [-0.05, 0) is 13.5 Å². The molecule has 1 aliphatic rings. The summed E-state index contributed by atoms with van der Waals surface area (Å²) in [4.78, 5) is 1.95. The molecule has 1 saturated heterocycles. The van der Waals surface area contributed by atoms with Gasteiger partial charge in [0.25, 0.3) is 0 Å². The highest BCUT2D eigenvalue weighted by atomic mass is 16.4. The van der Waals surface area contributed by atoms with Crippen LogP contribution in [-0.2, 0) is 0 Å². The second-order valence-electron chi connectivity index (χ2n) is 3.38. The van der Waals surface area contributed by atoms with E-state index in [9.17, 15) is 15.3 Å². The third-order valence-corrected chi connectivity index (χ3v) is 2.64. The summed E-state index contributed by atoms with van der Waals surface area (Å²) in [5.41, 5.74) is 0. The second-order valence-corrected chi connectivity index (χ2v) is 3.38. The van der Waals surface area contributed by atoms with Crippen LogP contribution in [0, 0.1) is 0 Å². The topological polar surface area (TPSA) is 63.9 Å². The molecule has 4 heteroatoms. The maximum absolute atomic E-state index is 9.47. The standard InChI is InChI=1S/C8H17NO3/c1-3-9-4-6(10)8(12)7(11)5(9)2/h5-8,10-12H,3-4H2,1-2H3/t5?,6?,7-,8?/m0/s1. The van der Waals surface area contributed by atoms with Crippen LogP contribution in [0.1, 0.15) is 13.8 Å². The Bertz CT molecular complexity index is 148. The van der Waals surface area contributed by atoms with Crippen molar-refractivity contribution in [3.63, 3.8) is 0 Å². The van der Waals surface area contributed by atoms with Gasteiger partial charge in [0.1, 0.15) is 6.10 Å². The van der Waals surface area contributed by atoms with Gasteiger partial charge >= 0.3 is 0 Å². The van der Waals surface area contributed by atoms with Gasteiger partial charge < -0.3 is 15.3 Å². The van der Waals surface area contributed by atoms with Crippen molar-refractivity contribution < 1.29 is 15.3 Å². The second kappa shape index (κ2) is 3.70. The minimum absolute atomic E-state index is 0.0756. The number of nitrogens with zero attached hydrogens (tertiary/aromatic N) is 1. The molecule has 0 bridgehead atoms. The molecule has 0 amide bonds. The third-order valence-electron chi connectivity index (χ3n) is 2.64. The summed E-state index contributed by atoms with van der Waals surface area (Å²) in [7, 11) is 0. The van der Waals surface area contributed by atoms with Gasteiger partial charge in [-0.2, -0.15) is 0 Å². The van der Waals surface area contributed by atoms with E-state index in [2.05, 4.69) is 0 Å². The molecule has 4 nitrogen and oxygen atoms in total. The molecule has 3 N–H and O–H groups in total. The Labute approximate surface area is 72.4 Å². The number of rotatable bonds is 1. The minimum atomic E-state index is -0.997. The Balaban J connectivity index is 2.63. The van der Waals surface area contributed by atoms with Crippen molar-refractivity contribution in [2.24, 2.45) is 0 Å². The minimum Gasteiger partial charge on any atom is -0.389 e. The van der Waals surface area contributed by atoms with E-state index in [0.717, 1.165) is 6.54 Å². The molecule has 0 radical (unpaired) electrons. The van der Waals surface area contributed by atoms with E-state index in [1.807, 2.05) is 18.7 Å². The normalized spacial score (nSPS) is 44.8. The first-order valence-corrected chi connectivity index (χ1v) is 4.36. The number of hydrogen-bond acceptors (Lipinski definition) is 4. The molecule has 1 aliphatic heterocycles. The lowest BCUT2D eigenvalue weighted by Crippen LogP contribution is -2.59. The number of aliphatic hydroxyl groups excluding tert-OH is 3. The zero-order chi connectivity index (χ0) is 9.30. The van der Waals surface area contributed by atoms with E-state index in [0.29, 0.717) is 6.54 Å². The summed E-state index contributed by atoms with van der Waals surface area (Å²) >= 11 is 0. The SMILES string of the molecule is CCN1CC(O)C(O)[C@@H](O)C1C. The Morgan fingerprint density at radius 3 is 2.33 bits per heavy atom. The molecule has 0 aromatic rings. The van der Waals surface area contributed by atoms with Crippen LogP contribution in [0.3, 0.4) is 0 Å². The van der Waals surface area contributed by atoms with Crippen LogP contribution in [0.4, 0.5) is 0 Å². The molecule has 0 aromatic heterocycles. The van der Waals surface area contributed by atoms with Crippen molar-refractivity contribution >= 4 is 0 Å². The number of likely N-dealkylation sites (N-methyl/N-ethyl adjacent to an activating group) is 1. The van der Waals surface area contributed by atoms with E-state index in [-0.39, 0.29) is 6.04 Å². The number of β-amino-alcohol motifs (C(OH)–C–C–N with tert-alkyl or cyclic N) is 1. The highest BCUT2D eigenvalue weighted by Crippen LogP contribution is 2.17. The van der Waals surface area contributed by atoms with Crippen LogP contribution in [0.5, 0.6) is 0 Å². The molecular formula is C8H17NO3. The van der Waals surface area contributed by atoms with Crippen molar-refractivity contribution in [1.82, 2.24) is 4.90 Å². The molecule has 1 heterocycles. The van der Waals surface area contributed by atoms with Crippen molar-refractivity contribution in [3.8, 4) is 0 Å². The van der Waals surface area contributed by atoms with E-state index in [4.69, 9.17) is 0 Å². The Morgan fingerprint density at radius 2 is 1.83 bits per heavy atom. The van der Waals surface area contributed by atoms with Crippen molar-refractivity contribution in [2.75, 3.05) is 13.1 Å². The number of hydrogen-bond donors (Lipinski definition) is 3. The molecule has 0 aliphatic carbocycles. The van der Waals surface area contributed by atoms with Crippen LogP contribution < -0.4 is 0 Å². The molecule has 0 spiro atoms. The van der Waals surface area contributed by atoms with Gasteiger partial charge in [-0.1, -0.05) is 6.92 Å². The smallest absolute Gasteiger partial charge is 0.108 e. The van der Waals surface area contributed by atoms with Crippen LogP contribution in [0.15, 0.2) is 0 Å². The van der Waals surface area contributed by atoms with Gasteiger partial charge in [-0.15, -0.1) is 0 Å². The van der Waals surface area contributed by atoms with Crippen LogP contribution in [0.25, 0.3) is 0 Å². The number of aliphatic hydroxyl groups is 3. The van der Waals surface area contributed by atoms with E-state index < -0.39 is 18.3 Å². The van der Waals surface area contributed by atoms with Crippen LogP contribution >= 0.6 is 0 Å². The van der Waals surface area contributed by atoms with Gasteiger partial charge in [0, 0.05) is 12.6 Å². The monoisotopic (exact) mass is 175 g/mol. The fourth-order valence-corrected chi connectivity index (χ4v) is 1.66. The lowest BCUT2D eigenvalue weighted by Gasteiger charge is -2.41. The molecule has 0 aromatic carbocycles. The highest BCUT2D eigenvalue weighted by molar-refractivity contribution is 4.91. The summed E-state index contributed by atoms with van der Waals surface area (Å²) in [5.74, 6) is 0. The summed E-state index contributed by atoms with van der Waals surface area (Å²) in [6, 6.07) is -0.0756. The van der Waals surface area contributed by atoms with E-state index in [1.165, 1.54) is 0 Å². The Kier molecular flexibility index (Phi) is 3.06. The first kappa shape index (κ1) is 9.92. The average molecular weight is 175 g/mol. The van der Waals surface area contributed by atoms with E-state index in [1.54, 1.807) is 0 Å². The Morgan fingerprint density at radius 1 is 1.25 bits per heavy atom. The predicted octanol–water partition coefficient (Wildman–Crippen LogP) is -1.21. The summed E-state index contributed by atoms with van der Waals surface area (Å²) in [6.45, 7) is 5.04. The maximum atomic E-state index is 9.47. The molecule has 3 unspecified atom stereocenters. The highest BCUT2D eigenvalue weighted by Gasteiger charge is 2.37. The quantitative estimate of drug-likeness (QED) is 0.468. The van der Waals surface area contributed by atoms with Gasteiger partial charge in [0.15, 0.2) is 0 Å². The predicted molar refractivity (Wildman–Crippen MR) is 44.7 cm³/mol. The lowest BCUT2D eigenvalue weighted by atomic mass is 9.95. The summed E-state index contributed by atoms with van der Waals surface area (Å²) < 4.78 is 0. The van der Waals surface area contributed by atoms with E-state index >= 15 is 0 Å². The molecule has 0 saturated carbocycles. The first-order valence-electron chi connectivity index (χ1n) is 4.36. The van der Waals surface area contributed by atoms with Crippen molar-refractivity contribution in [2.45, 2.75) is 38.2 Å². The zero-order valence-electron chi connectivity index (χ0n) is 7.51. The largest absolute Gasteiger partial charge is 0.389 e. The van der Waals surface area contributed by atoms with Crippen molar-refractivity contribution in [1.29, 1.82) is 0 Å². The van der Waals surface area contributed by atoms with Crippen LogP contribution in [0.2, 0.25) is 0 Å². The van der Waals surface area contributed by atoms with Gasteiger partial charge in [-0.3, -0.25) is 4.90 Å². The van der Waals surface area contributed by atoms with Gasteiger partial charge in [0.2, 0.25) is 0 Å². The molecule has 4 atom stereocenters. The zero-order valence-corrected chi connectivity index (χ0v) is 7.51. The first-order chi connectivity index (χ1) is 5.57. The van der Waals surface area contributed by atoms with Crippen LogP contribution in [-0.4, -0.2) is 57.7 Å².